The quantitative estimate of drug-likeness (QED) is 0.536. The van der Waals surface area contributed by atoms with Gasteiger partial charge < -0.3 is 0 Å². The van der Waals surface area contributed by atoms with E-state index in [0.717, 1.165) is 4.91 Å². The zero-order chi connectivity index (χ0) is 10.9. The van der Waals surface area contributed by atoms with Crippen molar-refractivity contribution in [2.75, 3.05) is 6.66 Å². The van der Waals surface area contributed by atoms with Crippen LogP contribution in [0.5, 0.6) is 0 Å². The Morgan fingerprint density at radius 1 is 1.00 bits per heavy atom. The molecule has 1 unspecified atom stereocenters. The molecule has 0 aliphatic carbocycles. The molecule has 0 aliphatic rings. The minimum absolute atomic E-state index is 0.389. The number of nitriles is 1. The van der Waals surface area contributed by atoms with Crippen molar-refractivity contribution < 1.29 is 0 Å². The zero-order valence-electron chi connectivity index (χ0n) is 9.97. The molecular weight excluding hydrogens is 209 g/mol. The molecule has 13 heavy (non-hydrogen) atoms. The predicted octanol–water partition coefficient (Wildman–Crippen LogP) is 3.70. The van der Waals surface area contributed by atoms with E-state index in [0.29, 0.717) is 0 Å². The number of nitrogens with zero attached hydrogens (tertiary/aromatic N) is 1. The highest BCUT2D eigenvalue weighted by molar-refractivity contribution is 7.68. The van der Waals surface area contributed by atoms with Crippen molar-refractivity contribution in [1.82, 2.24) is 0 Å². The summed E-state index contributed by atoms with van der Waals surface area (Å²) < 4.78 is 0. The third-order valence-electron chi connectivity index (χ3n) is 2.19. The fourth-order valence-corrected chi connectivity index (χ4v) is 22.7. The smallest absolute Gasteiger partial charge is 0.0866 e. The fourth-order valence-electron chi connectivity index (χ4n) is 2.52. The molecule has 76 valence electrons. The van der Waals surface area contributed by atoms with Crippen LogP contribution in [0.25, 0.3) is 0 Å². The molecule has 0 fully saturated rings. The van der Waals surface area contributed by atoms with Crippen molar-refractivity contribution in [3.05, 3.63) is 0 Å². The van der Waals surface area contributed by atoms with Crippen molar-refractivity contribution in [3.63, 3.8) is 0 Å². The Morgan fingerprint density at radius 3 is 1.38 bits per heavy atom. The summed E-state index contributed by atoms with van der Waals surface area (Å²) in [4.78, 5) is 0.778. The van der Waals surface area contributed by atoms with Crippen LogP contribution >= 0.6 is 7.92 Å². The van der Waals surface area contributed by atoms with Crippen LogP contribution in [0.4, 0.5) is 0 Å². The monoisotopic (exact) mass is 231 g/mol. The van der Waals surface area contributed by atoms with Crippen LogP contribution < -0.4 is 0 Å². The molecule has 0 saturated heterocycles. The molecule has 0 aromatic heterocycles. The molecule has 0 N–H and O–H groups in total. The van der Waals surface area contributed by atoms with Gasteiger partial charge in [-0.3, -0.25) is 0 Å². The number of hydrogen-bond donors (Lipinski definition) is 0. The highest BCUT2D eigenvalue weighted by atomic mass is 31.1. The molecule has 0 rings (SSSR count). The molecule has 0 aromatic carbocycles. The molecule has 1 nitrogen and oxygen atoms in total. The van der Waals surface area contributed by atoms with Crippen LogP contribution in [-0.2, 0) is 0 Å². The topological polar surface area (TPSA) is 23.8 Å². The second kappa shape index (κ2) is 4.25. The Morgan fingerprint density at radius 2 is 1.31 bits per heavy atom. The van der Waals surface area contributed by atoms with E-state index in [-0.39, 0.29) is 7.92 Å². The summed E-state index contributed by atoms with van der Waals surface area (Å²) in [5.74, 6) is 2.51. The normalized spacial score (nSPS) is 15.6. The van der Waals surface area contributed by atoms with Crippen molar-refractivity contribution >= 4 is 24.1 Å². The first-order valence-electron chi connectivity index (χ1n) is 4.73. The maximum atomic E-state index is 9.06. The molecular formula is C9H22NPSi2. The molecule has 0 bridgehead atoms. The zero-order valence-corrected chi connectivity index (χ0v) is 12.9. The van der Waals surface area contributed by atoms with Gasteiger partial charge in [0.1, 0.15) is 0 Å². The van der Waals surface area contributed by atoms with Crippen LogP contribution in [0.15, 0.2) is 0 Å². The average molecular weight is 231 g/mol. The Bertz CT molecular complexity index is 195. The number of hydrogen-bond acceptors (Lipinski definition) is 1. The summed E-state index contributed by atoms with van der Waals surface area (Å²) in [6, 6.07) is 0. The third-order valence-corrected chi connectivity index (χ3v) is 18.7. The van der Waals surface area contributed by atoms with Gasteiger partial charge in [0.2, 0.25) is 0 Å². The molecule has 0 heterocycles. The van der Waals surface area contributed by atoms with E-state index in [1.807, 2.05) is 0 Å². The van der Waals surface area contributed by atoms with E-state index in [1.54, 1.807) is 0 Å². The van der Waals surface area contributed by atoms with Gasteiger partial charge in [0, 0.05) is 0 Å². The molecule has 0 amide bonds. The lowest BCUT2D eigenvalue weighted by Crippen LogP contribution is -2.52. The lowest BCUT2D eigenvalue weighted by Gasteiger charge is -2.39. The van der Waals surface area contributed by atoms with Gasteiger partial charge in [0.25, 0.3) is 0 Å². The lowest BCUT2D eigenvalue weighted by atomic mass is 11.7. The lowest BCUT2D eigenvalue weighted by molar-refractivity contribution is 1.44. The Labute approximate surface area is 86.3 Å². The van der Waals surface area contributed by atoms with E-state index in [2.05, 4.69) is 51.8 Å². The van der Waals surface area contributed by atoms with Gasteiger partial charge in [-0.2, -0.15) is 5.26 Å². The second-order valence-corrected chi connectivity index (χ2v) is 20.0. The minimum atomic E-state index is -1.14. The minimum Gasteiger partial charge on any atom is -0.193 e. The summed E-state index contributed by atoms with van der Waals surface area (Å²) in [6.45, 7) is 16.6. The van der Waals surface area contributed by atoms with Gasteiger partial charge >= 0.3 is 0 Å². The van der Waals surface area contributed by atoms with Crippen molar-refractivity contribution in [3.8, 4) is 5.81 Å². The van der Waals surface area contributed by atoms with Crippen LogP contribution in [-0.4, -0.2) is 27.7 Å². The summed E-state index contributed by atoms with van der Waals surface area (Å²) in [5, 5.41) is 9.06. The van der Waals surface area contributed by atoms with Crippen molar-refractivity contribution in [2.45, 2.75) is 44.2 Å². The molecule has 0 spiro atoms. The van der Waals surface area contributed by atoms with Gasteiger partial charge in [0.15, 0.2) is 0 Å². The summed E-state index contributed by atoms with van der Waals surface area (Å²) in [5.41, 5.74) is 0. The molecule has 0 aromatic rings. The van der Waals surface area contributed by atoms with E-state index in [9.17, 15) is 0 Å². The van der Waals surface area contributed by atoms with Crippen LogP contribution in [0.1, 0.15) is 0 Å². The van der Waals surface area contributed by atoms with Crippen LogP contribution in [0, 0.1) is 11.1 Å². The third kappa shape index (κ3) is 3.93. The molecule has 0 aliphatic heterocycles. The van der Waals surface area contributed by atoms with Crippen molar-refractivity contribution in [1.29, 1.82) is 5.26 Å². The SMILES string of the molecule is CP(C#N)C([Si](C)(C)C)[Si](C)(C)C. The van der Waals surface area contributed by atoms with E-state index < -0.39 is 16.1 Å². The number of rotatable bonds is 3. The summed E-state index contributed by atoms with van der Waals surface area (Å²) in [7, 11) is -2.67. The Kier molecular flexibility index (Phi) is 4.37. The van der Waals surface area contributed by atoms with Crippen molar-refractivity contribution in [2.24, 2.45) is 0 Å². The van der Waals surface area contributed by atoms with Gasteiger partial charge in [-0.05, 0) is 19.5 Å². The molecule has 0 radical (unpaired) electrons. The van der Waals surface area contributed by atoms with Gasteiger partial charge in [0.05, 0.1) is 22.0 Å². The van der Waals surface area contributed by atoms with Gasteiger partial charge in [-0.1, -0.05) is 39.3 Å². The van der Waals surface area contributed by atoms with Gasteiger partial charge in [-0.25, -0.2) is 0 Å². The predicted molar refractivity (Wildman–Crippen MR) is 68.9 cm³/mol. The van der Waals surface area contributed by atoms with Crippen LogP contribution in [0.3, 0.4) is 0 Å². The molecule has 0 saturated carbocycles. The highest BCUT2D eigenvalue weighted by Gasteiger charge is 2.41. The first-order valence-corrected chi connectivity index (χ1v) is 13.7. The standard InChI is InChI=1S/C9H22NPSi2/c1-11(8-10)9(12(2,3)4)13(5,6)7/h9H,1-7H3. The van der Waals surface area contributed by atoms with E-state index in [1.165, 1.54) is 0 Å². The van der Waals surface area contributed by atoms with Crippen LogP contribution in [0.2, 0.25) is 39.3 Å². The summed E-state index contributed by atoms with van der Waals surface area (Å²) in [6.07, 6.45) is 0. The van der Waals surface area contributed by atoms with E-state index >= 15 is 0 Å². The fraction of sp³-hybridized carbons (Fsp3) is 0.889. The average Bonchev–Trinajstić information content (AvgIpc) is 1.80. The second-order valence-electron chi connectivity index (χ2n) is 5.85. The first kappa shape index (κ1) is 13.4. The maximum absolute atomic E-state index is 9.06. The van der Waals surface area contributed by atoms with Gasteiger partial charge in [-0.15, -0.1) is 0 Å². The maximum Gasteiger partial charge on any atom is 0.0866 e. The van der Waals surface area contributed by atoms with E-state index in [4.69, 9.17) is 5.26 Å². The highest BCUT2D eigenvalue weighted by Crippen LogP contribution is 2.45. The summed E-state index contributed by atoms with van der Waals surface area (Å²) >= 11 is 0. The molecule has 1 atom stereocenters. The largest absolute Gasteiger partial charge is 0.193 e. The Balaban J connectivity index is 4.91. The first-order chi connectivity index (χ1) is 5.60. The Hall–Kier alpha value is 0.354. The molecule has 4 heteroatoms.